The van der Waals surface area contributed by atoms with Gasteiger partial charge < -0.3 is 20.5 Å². The summed E-state index contributed by atoms with van der Waals surface area (Å²) in [6.45, 7) is -0.582. The van der Waals surface area contributed by atoms with Gasteiger partial charge in [-0.15, -0.1) is 13.2 Å². The zero-order chi connectivity index (χ0) is 25.1. The molecule has 0 aliphatic carbocycles. The third kappa shape index (κ3) is 6.88. The van der Waals surface area contributed by atoms with Crippen molar-refractivity contribution in [1.82, 2.24) is 9.97 Å². The molecule has 0 radical (unpaired) electrons. The summed E-state index contributed by atoms with van der Waals surface area (Å²) in [4.78, 5) is 19.0. The predicted octanol–water partition coefficient (Wildman–Crippen LogP) is 5.95. The molecule has 34 heavy (non-hydrogen) atoms. The molecule has 3 N–H and O–H groups in total. The number of nitrogens with zero attached hydrogens (tertiary/aromatic N) is 2. The molecule has 1 aromatic heterocycles. The third-order valence-electron chi connectivity index (χ3n) is 4.05. The minimum Gasteiger partial charge on any atom is -0.480 e. The summed E-state index contributed by atoms with van der Waals surface area (Å²) in [6.07, 6.45) is -9.54. The molecule has 3 rings (SSSR count). The van der Waals surface area contributed by atoms with Gasteiger partial charge in [-0.05, 0) is 30.3 Å². The Labute approximate surface area is 192 Å². The first-order valence-electron chi connectivity index (χ1n) is 9.15. The fourth-order valence-corrected chi connectivity index (χ4v) is 2.90. The number of hydrogen-bond donors (Lipinski definition) is 3. The number of aromatic nitrogens is 2. The first-order chi connectivity index (χ1) is 15.8. The second-order valence-electron chi connectivity index (χ2n) is 6.60. The smallest absolute Gasteiger partial charge is 0.480 e. The van der Waals surface area contributed by atoms with Crippen LogP contribution in [0.1, 0.15) is 5.56 Å². The second kappa shape index (κ2) is 9.63. The summed E-state index contributed by atoms with van der Waals surface area (Å²) in [5, 5.41) is 13.7. The fraction of sp³-hybridized carbons (Fsp3) is 0.150. The van der Waals surface area contributed by atoms with E-state index < -0.39 is 36.4 Å². The molecule has 0 saturated heterocycles. The monoisotopic (exact) mass is 506 g/mol. The number of carboxylic acids is 1. The van der Waals surface area contributed by atoms with Crippen molar-refractivity contribution in [3.63, 3.8) is 0 Å². The average Bonchev–Trinajstić information content (AvgIpc) is 2.72. The van der Waals surface area contributed by atoms with Gasteiger partial charge in [0.15, 0.2) is 0 Å². The van der Waals surface area contributed by atoms with E-state index in [1.54, 1.807) is 0 Å². The van der Waals surface area contributed by atoms with E-state index in [-0.39, 0.29) is 33.7 Å². The number of aliphatic carboxylic acids is 1. The van der Waals surface area contributed by atoms with Crippen molar-refractivity contribution < 1.29 is 41.0 Å². The van der Waals surface area contributed by atoms with Crippen LogP contribution in [0.3, 0.4) is 0 Å². The van der Waals surface area contributed by atoms with Crippen LogP contribution in [0.25, 0.3) is 11.3 Å². The van der Waals surface area contributed by atoms with E-state index in [2.05, 4.69) is 25.3 Å². The van der Waals surface area contributed by atoms with Crippen LogP contribution in [0.15, 0.2) is 48.5 Å². The standard InChI is InChI=1S/C20H13ClF6N4O3/c21-13-7-11(19(22,23)24)4-5-14(13)29-16-8-15(30-18(31-16)28-9-17(32)33)10-2-1-3-12(6-10)34-20(25,26)27/h1-8H,9H2,(H,32,33)(H2,28,29,30,31). The predicted molar refractivity (Wildman–Crippen MR) is 110 cm³/mol. The van der Waals surface area contributed by atoms with Gasteiger partial charge in [0.1, 0.15) is 18.1 Å². The van der Waals surface area contributed by atoms with Crippen LogP contribution < -0.4 is 15.4 Å². The third-order valence-corrected chi connectivity index (χ3v) is 4.36. The van der Waals surface area contributed by atoms with Crippen molar-refractivity contribution in [2.24, 2.45) is 0 Å². The quantitative estimate of drug-likeness (QED) is 0.340. The molecular weight excluding hydrogens is 494 g/mol. The van der Waals surface area contributed by atoms with Gasteiger partial charge in [0.25, 0.3) is 0 Å². The minimum absolute atomic E-state index is 0.0262. The Kier molecular flexibility index (Phi) is 7.05. The molecule has 0 spiro atoms. The second-order valence-corrected chi connectivity index (χ2v) is 7.01. The molecule has 0 atom stereocenters. The number of nitrogens with one attached hydrogen (secondary N) is 2. The number of alkyl halides is 6. The highest BCUT2D eigenvalue weighted by atomic mass is 35.5. The van der Waals surface area contributed by atoms with Crippen LogP contribution >= 0.6 is 11.6 Å². The molecule has 2 aromatic carbocycles. The van der Waals surface area contributed by atoms with Gasteiger partial charge in [-0.3, -0.25) is 4.79 Å². The lowest BCUT2D eigenvalue weighted by atomic mass is 10.1. The molecule has 180 valence electrons. The maximum atomic E-state index is 12.9. The highest BCUT2D eigenvalue weighted by Crippen LogP contribution is 2.35. The lowest BCUT2D eigenvalue weighted by Gasteiger charge is -2.14. The van der Waals surface area contributed by atoms with Gasteiger partial charge in [-0.25, -0.2) is 4.98 Å². The van der Waals surface area contributed by atoms with Gasteiger partial charge in [0.05, 0.1) is 22.0 Å². The Balaban J connectivity index is 1.99. The lowest BCUT2D eigenvalue weighted by molar-refractivity contribution is -0.274. The Morgan fingerprint density at radius 3 is 2.38 bits per heavy atom. The zero-order valence-corrected chi connectivity index (χ0v) is 17.4. The van der Waals surface area contributed by atoms with E-state index in [1.807, 2.05) is 0 Å². The first-order valence-corrected chi connectivity index (χ1v) is 9.53. The number of carbonyl (C=O) groups is 1. The van der Waals surface area contributed by atoms with Crippen molar-refractivity contribution in [2.75, 3.05) is 17.2 Å². The van der Waals surface area contributed by atoms with Crippen LogP contribution in [-0.4, -0.2) is 34.0 Å². The highest BCUT2D eigenvalue weighted by molar-refractivity contribution is 6.33. The van der Waals surface area contributed by atoms with E-state index in [4.69, 9.17) is 16.7 Å². The number of benzene rings is 2. The van der Waals surface area contributed by atoms with E-state index in [0.717, 1.165) is 24.3 Å². The summed E-state index contributed by atoms with van der Waals surface area (Å²) < 4.78 is 80.2. The number of hydrogen-bond acceptors (Lipinski definition) is 6. The molecule has 14 heteroatoms. The molecular formula is C20H13ClF6N4O3. The van der Waals surface area contributed by atoms with Crippen molar-refractivity contribution in [2.45, 2.75) is 12.5 Å². The molecule has 1 heterocycles. The van der Waals surface area contributed by atoms with Gasteiger partial charge in [0.2, 0.25) is 5.95 Å². The molecule has 3 aromatic rings. The molecule has 0 aliphatic heterocycles. The van der Waals surface area contributed by atoms with E-state index in [1.165, 1.54) is 18.2 Å². The first kappa shape index (κ1) is 24.9. The zero-order valence-electron chi connectivity index (χ0n) is 16.6. The van der Waals surface area contributed by atoms with Gasteiger partial charge in [-0.2, -0.15) is 18.2 Å². The summed E-state index contributed by atoms with van der Waals surface area (Å²) >= 11 is 5.94. The van der Waals surface area contributed by atoms with Crippen LogP contribution in [0.2, 0.25) is 5.02 Å². The molecule has 7 nitrogen and oxygen atoms in total. The van der Waals surface area contributed by atoms with Gasteiger partial charge in [-0.1, -0.05) is 23.7 Å². The molecule has 0 aliphatic rings. The molecule has 0 bridgehead atoms. The van der Waals surface area contributed by atoms with Crippen LogP contribution in [0.4, 0.5) is 43.8 Å². The fourth-order valence-electron chi connectivity index (χ4n) is 2.68. The van der Waals surface area contributed by atoms with E-state index >= 15 is 0 Å². The molecule has 0 unspecified atom stereocenters. The Hall–Kier alpha value is -3.74. The largest absolute Gasteiger partial charge is 0.573 e. The number of anilines is 3. The Bertz CT molecular complexity index is 1200. The number of ether oxygens (including phenoxy) is 1. The normalized spacial score (nSPS) is 11.7. The lowest BCUT2D eigenvalue weighted by Crippen LogP contribution is -2.17. The number of carboxylic acid groups (broad SMARTS) is 1. The van der Waals surface area contributed by atoms with Crippen LogP contribution in [-0.2, 0) is 11.0 Å². The molecule has 0 amide bonds. The highest BCUT2D eigenvalue weighted by Gasteiger charge is 2.32. The summed E-state index contributed by atoms with van der Waals surface area (Å²) in [6, 6.07) is 8.66. The Morgan fingerprint density at radius 1 is 1.03 bits per heavy atom. The maximum Gasteiger partial charge on any atom is 0.573 e. The Morgan fingerprint density at radius 2 is 1.76 bits per heavy atom. The summed E-state index contributed by atoms with van der Waals surface area (Å²) in [5.41, 5.74) is -0.723. The average molecular weight is 507 g/mol. The number of halogens is 7. The van der Waals surface area contributed by atoms with E-state index in [9.17, 15) is 31.1 Å². The summed E-state index contributed by atoms with van der Waals surface area (Å²) in [5.74, 6) is -2.01. The van der Waals surface area contributed by atoms with Crippen molar-refractivity contribution in [1.29, 1.82) is 0 Å². The molecule has 0 saturated carbocycles. The van der Waals surface area contributed by atoms with E-state index in [0.29, 0.717) is 6.07 Å². The van der Waals surface area contributed by atoms with Crippen molar-refractivity contribution >= 4 is 35.0 Å². The van der Waals surface area contributed by atoms with Crippen molar-refractivity contribution in [3.8, 4) is 17.0 Å². The van der Waals surface area contributed by atoms with Crippen LogP contribution in [0, 0.1) is 0 Å². The number of rotatable bonds is 7. The summed E-state index contributed by atoms with van der Waals surface area (Å²) in [7, 11) is 0. The SMILES string of the molecule is O=C(O)CNc1nc(Nc2ccc(C(F)(F)F)cc2Cl)cc(-c2cccc(OC(F)(F)F)c2)n1. The molecule has 0 fully saturated rings. The maximum absolute atomic E-state index is 12.9. The van der Waals surface area contributed by atoms with Gasteiger partial charge in [0, 0.05) is 11.6 Å². The topological polar surface area (TPSA) is 96.4 Å². The van der Waals surface area contributed by atoms with Crippen molar-refractivity contribution in [3.05, 3.63) is 59.1 Å². The van der Waals surface area contributed by atoms with Gasteiger partial charge >= 0.3 is 18.5 Å². The van der Waals surface area contributed by atoms with Crippen LogP contribution in [0.5, 0.6) is 5.75 Å². The minimum atomic E-state index is -4.93.